The van der Waals surface area contributed by atoms with Gasteiger partial charge in [-0.2, -0.15) is 0 Å². The first-order chi connectivity index (χ1) is 7.79. The number of hydrogen-bond acceptors (Lipinski definition) is 2. The predicted molar refractivity (Wildman–Crippen MR) is 63.9 cm³/mol. The van der Waals surface area contributed by atoms with Gasteiger partial charge in [0.1, 0.15) is 6.29 Å². The summed E-state index contributed by atoms with van der Waals surface area (Å²) < 4.78 is 0. The molecule has 0 amide bonds. The van der Waals surface area contributed by atoms with E-state index in [4.69, 9.17) is 11.6 Å². The third-order valence-electron chi connectivity index (χ3n) is 2.38. The van der Waals surface area contributed by atoms with Crippen molar-refractivity contribution in [3.05, 3.63) is 64.4 Å². The van der Waals surface area contributed by atoms with Gasteiger partial charge in [0.15, 0.2) is 0 Å². The minimum absolute atomic E-state index is 0.685. The Hall–Kier alpha value is -1.67. The molecule has 0 spiro atoms. The van der Waals surface area contributed by atoms with E-state index < -0.39 is 0 Å². The molecule has 0 saturated heterocycles. The summed E-state index contributed by atoms with van der Waals surface area (Å²) in [5.74, 6) is 0. The van der Waals surface area contributed by atoms with Gasteiger partial charge >= 0.3 is 0 Å². The fraction of sp³-hybridized carbons (Fsp3) is 0.0769. The molecule has 0 saturated carbocycles. The van der Waals surface area contributed by atoms with Crippen molar-refractivity contribution in [1.82, 2.24) is 4.98 Å². The molecule has 1 aromatic carbocycles. The molecule has 1 heterocycles. The van der Waals surface area contributed by atoms with E-state index >= 15 is 0 Å². The number of rotatable bonds is 3. The summed E-state index contributed by atoms with van der Waals surface area (Å²) in [5, 5.41) is 0.713. The molecule has 1 aromatic heterocycles. The van der Waals surface area contributed by atoms with Crippen LogP contribution in [0.2, 0.25) is 5.02 Å². The van der Waals surface area contributed by atoms with Gasteiger partial charge in [0.05, 0.1) is 0 Å². The largest absolute Gasteiger partial charge is 0.298 e. The highest BCUT2D eigenvalue weighted by Crippen LogP contribution is 2.14. The minimum atomic E-state index is 0.685. The Morgan fingerprint density at radius 2 is 1.94 bits per heavy atom. The molecule has 0 radical (unpaired) electrons. The van der Waals surface area contributed by atoms with E-state index in [2.05, 4.69) is 4.98 Å². The summed E-state index contributed by atoms with van der Waals surface area (Å²) in [7, 11) is 0. The highest BCUT2D eigenvalue weighted by Gasteiger charge is 2.02. The normalized spacial score (nSPS) is 10.1. The van der Waals surface area contributed by atoms with Crippen LogP contribution in [0.15, 0.2) is 42.7 Å². The third-order valence-corrected chi connectivity index (χ3v) is 2.63. The maximum absolute atomic E-state index is 10.8. The van der Waals surface area contributed by atoms with E-state index in [-0.39, 0.29) is 0 Å². The summed E-state index contributed by atoms with van der Waals surface area (Å²) >= 11 is 5.80. The molecule has 2 nitrogen and oxygen atoms in total. The van der Waals surface area contributed by atoms with Gasteiger partial charge in [0.25, 0.3) is 0 Å². The summed E-state index contributed by atoms with van der Waals surface area (Å²) in [6, 6.07) is 9.30. The quantitative estimate of drug-likeness (QED) is 0.760. The Morgan fingerprint density at radius 1 is 1.19 bits per heavy atom. The number of carbonyl (C=O) groups excluding carboxylic acids is 1. The first-order valence-electron chi connectivity index (χ1n) is 4.92. The van der Waals surface area contributed by atoms with E-state index in [0.29, 0.717) is 17.0 Å². The SMILES string of the molecule is O=Cc1ccncc1Cc1ccc(Cl)cc1. The van der Waals surface area contributed by atoms with E-state index in [1.54, 1.807) is 18.5 Å². The van der Waals surface area contributed by atoms with E-state index in [1.807, 2.05) is 24.3 Å². The van der Waals surface area contributed by atoms with Gasteiger partial charge in [-0.25, -0.2) is 0 Å². The average molecular weight is 232 g/mol. The molecule has 0 aliphatic carbocycles. The second-order valence-corrected chi connectivity index (χ2v) is 3.93. The number of pyridine rings is 1. The van der Waals surface area contributed by atoms with Gasteiger partial charge in [0.2, 0.25) is 0 Å². The van der Waals surface area contributed by atoms with Gasteiger partial charge in [-0.05, 0) is 35.7 Å². The van der Waals surface area contributed by atoms with Crippen LogP contribution in [-0.2, 0) is 6.42 Å². The van der Waals surface area contributed by atoms with Crippen molar-refractivity contribution in [3.63, 3.8) is 0 Å². The average Bonchev–Trinajstić information content (AvgIpc) is 2.33. The molecule has 16 heavy (non-hydrogen) atoms. The molecule has 3 heteroatoms. The highest BCUT2D eigenvalue weighted by atomic mass is 35.5. The van der Waals surface area contributed by atoms with Crippen LogP contribution in [0.1, 0.15) is 21.5 Å². The van der Waals surface area contributed by atoms with Crippen LogP contribution in [0.25, 0.3) is 0 Å². The Balaban J connectivity index is 2.26. The van der Waals surface area contributed by atoms with Gasteiger partial charge in [-0.15, -0.1) is 0 Å². The van der Waals surface area contributed by atoms with Crippen molar-refractivity contribution in [2.75, 3.05) is 0 Å². The molecular formula is C13H10ClNO. The monoisotopic (exact) mass is 231 g/mol. The fourth-order valence-corrected chi connectivity index (χ4v) is 1.65. The van der Waals surface area contributed by atoms with Crippen molar-refractivity contribution >= 4 is 17.9 Å². The zero-order valence-corrected chi connectivity index (χ0v) is 9.32. The molecular weight excluding hydrogens is 222 g/mol. The highest BCUT2D eigenvalue weighted by molar-refractivity contribution is 6.30. The van der Waals surface area contributed by atoms with Crippen LogP contribution in [0.5, 0.6) is 0 Å². The number of hydrogen-bond donors (Lipinski definition) is 0. The predicted octanol–water partition coefficient (Wildman–Crippen LogP) is 3.14. The maximum atomic E-state index is 10.8. The third kappa shape index (κ3) is 2.47. The molecule has 2 rings (SSSR count). The second-order valence-electron chi connectivity index (χ2n) is 3.50. The van der Waals surface area contributed by atoms with Crippen molar-refractivity contribution in [1.29, 1.82) is 0 Å². The molecule has 0 aliphatic heterocycles. The first-order valence-corrected chi connectivity index (χ1v) is 5.30. The lowest BCUT2D eigenvalue weighted by atomic mass is 10.0. The first kappa shape index (κ1) is 10.8. The zero-order valence-electron chi connectivity index (χ0n) is 8.56. The van der Waals surface area contributed by atoms with Gasteiger partial charge < -0.3 is 0 Å². The van der Waals surface area contributed by atoms with E-state index in [9.17, 15) is 4.79 Å². The van der Waals surface area contributed by atoms with Crippen molar-refractivity contribution < 1.29 is 4.79 Å². The summed E-state index contributed by atoms with van der Waals surface area (Å²) in [4.78, 5) is 14.8. The topological polar surface area (TPSA) is 30.0 Å². The molecule has 2 aromatic rings. The molecule has 0 bridgehead atoms. The second kappa shape index (κ2) is 4.90. The molecule has 0 fully saturated rings. The van der Waals surface area contributed by atoms with Crippen LogP contribution < -0.4 is 0 Å². The number of nitrogens with zero attached hydrogens (tertiary/aromatic N) is 1. The van der Waals surface area contributed by atoms with Crippen LogP contribution in [0.4, 0.5) is 0 Å². The standard InChI is InChI=1S/C13H10ClNO/c14-13-3-1-10(2-4-13)7-12-8-15-6-5-11(12)9-16/h1-6,8-9H,7H2. The number of benzene rings is 1. The van der Waals surface area contributed by atoms with E-state index in [0.717, 1.165) is 17.4 Å². The van der Waals surface area contributed by atoms with Crippen molar-refractivity contribution in [3.8, 4) is 0 Å². The molecule has 0 atom stereocenters. The number of carbonyl (C=O) groups is 1. The Morgan fingerprint density at radius 3 is 2.62 bits per heavy atom. The Kier molecular flexibility index (Phi) is 3.32. The zero-order chi connectivity index (χ0) is 11.4. The number of aldehydes is 1. The fourth-order valence-electron chi connectivity index (χ4n) is 1.52. The van der Waals surface area contributed by atoms with E-state index in [1.165, 1.54) is 0 Å². The van der Waals surface area contributed by atoms with Crippen LogP contribution >= 0.6 is 11.6 Å². The van der Waals surface area contributed by atoms with Gasteiger partial charge in [-0.3, -0.25) is 9.78 Å². The lowest BCUT2D eigenvalue weighted by Gasteiger charge is -2.04. The minimum Gasteiger partial charge on any atom is -0.298 e. The Bertz CT molecular complexity index is 494. The number of halogens is 1. The van der Waals surface area contributed by atoms with Gasteiger partial charge in [-0.1, -0.05) is 23.7 Å². The summed E-state index contributed by atoms with van der Waals surface area (Å²) in [6.45, 7) is 0. The lowest BCUT2D eigenvalue weighted by molar-refractivity contribution is 0.112. The molecule has 80 valence electrons. The lowest BCUT2D eigenvalue weighted by Crippen LogP contribution is -1.95. The summed E-state index contributed by atoms with van der Waals surface area (Å²) in [5.41, 5.74) is 2.73. The maximum Gasteiger partial charge on any atom is 0.150 e. The van der Waals surface area contributed by atoms with Crippen LogP contribution in [0, 0.1) is 0 Å². The molecule has 0 N–H and O–H groups in total. The van der Waals surface area contributed by atoms with Crippen molar-refractivity contribution in [2.24, 2.45) is 0 Å². The van der Waals surface area contributed by atoms with Gasteiger partial charge in [0, 0.05) is 23.0 Å². The van der Waals surface area contributed by atoms with Crippen LogP contribution in [0.3, 0.4) is 0 Å². The van der Waals surface area contributed by atoms with Crippen molar-refractivity contribution in [2.45, 2.75) is 6.42 Å². The smallest absolute Gasteiger partial charge is 0.150 e. The summed E-state index contributed by atoms with van der Waals surface area (Å²) in [6.07, 6.45) is 4.89. The Labute approximate surface area is 98.9 Å². The van der Waals surface area contributed by atoms with Crippen LogP contribution in [-0.4, -0.2) is 11.3 Å². The molecule has 0 aliphatic rings. The number of aromatic nitrogens is 1. The molecule has 0 unspecified atom stereocenters.